The lowest BCUT2D eigenvalue weighted by molar-refractivity contribution is -0.127. The van der Waals surface area contributed by atoms with Crippen molar-refractivity contribution in [3.05, 3.63) is 51.9 Å². The highest BCUT2D eigenvalue weighted by Gasteiger charge is 2.08. The molecule has 1 heterocycles. The Morgan fingerprint density at radius 2 is 2.04 bits per heavy atom. The Kier molecular flexibility index (Phi) is 6.85. The number of rotatable bonds is 7. The summed E-state index contributed by atoms with van der Waals surface area (Å²) in [5.74, 6) is 0.601. The second kappa shape index (κ2) is 9.10. The smallest absolute Gasteiger partial charge is 0.259 e. The van der Waals surface area contributed by atoms with Crippen LogP contribution in [0.5, 0.6) is 5.75 Å². The van der Waals surface area contributed by atoms with Crippen molar-refractivity contribution in [1.29, 1.82) is 0 Å². The van der Waals surface area contributed by atoms with Crippen LogP contribution in [0.2, 0.25) is 10.0 Å². The molecule has 2 aromatic rings. The van der Waals surface area contributed by atoms with Crippen LogP contribution in [0.25, 0.3) is 0 Å². The lowest BCUT2D eigenvalue weighted by Gasteiger charge is -2.08. The van der Waals surface area contributed by atoms with Gasteiger partial charge in [-0.05, 0) is 37.3 Å². The minimum Gasteiger partial charge on any atom is -0.482 e. The number of nitrogens with zero attached hydrogens (tertiary/aromatic N) is 1. The molecular weight excluding hydrogens is 369 g/mol. The highest BCUT2D eigenvalue weighted by atomic mass is 35.5. The molecule has 0 spiro atoms. The first kappa shape index (κ1) is 18.8. The van der Waals surface area contributed by atoms with Gasteiger partial charge < -0.3 is 14.5 Å². The van der Waals surface area contributed by atoms with E-state index >= 15 is 0 Å². The fraction of sp³-hybridized carbons (Fsp3) is 0.188. The molecule has 2 N–H and O–H groups in total. The summed E-state index contributed by atoms with van der Waals surface area (Å²) < 4.78 is 10.5. The van der Waals surface area contributed by atoms with Gasteiger partial charge >= 0.3 is 0 Å². The van der Waals surface area contributed by atoms with E-state index in [0.29, 0.717) is 21.6 Å². The Morgan fingerprint density at radius 1 is 1.24 bits per heavy atom. The topological polar surface area (TPSA) is 92.9 Å². The molecule has 25 heavy (non-hydrogen) atoms. The van der Waals surface area contributed by atoms with Gasteiger partial charge in [-0.15, -0.1) is 0 Å². The summed E-state index contributed by atoms with van der Waals surface area (Å²) in [5, 5.41) is 6.86. The molecule has 1 aromatic carbocycles. The van der Waals surface area contributed by atoms with Crippen LogP contribution in [-0.2, 0) is 9.59 Å². The summed E-state index contributed by atoms with van der Waals surface area (Å²) in [5.41, 5.74) is 2.26. The van der Waals surface area contributed by atoms with Crippen molar-refractivity contribution < 1.29 is 18.7 Å². The summed E-state index contributed by atoms with van der Waals surface area (Å²) in [7, 11) is 0. The van der Waals surface area contributed by atoms with Crippen molar-refractivity contribution in [2.24, 2.45) is 5.10 Å². The number of nitrogens with one attached hydrogen (secondary N) is 2. The molecule has 2 rings (SSSR count). The fourth-order valence-corrected chi connectivity index (χ4v) is 2.16. The molecule has 132 valence electrons. The van der Waals surface area contributed by atoms with Gasteiger partial charge in [0.1, 0.15) is 17.3 Å². The van der Waals surface area contributed by atoms with Crippen LogP contribution in [0.15, 0.2) is 39.9 Å². The number of carbonyl (C=O) groups excluding carboxylic acids is 2. The number of hydrazone groups is 1. The number of hydrogen-bond acceptors (Lipinski definition) is 5. The van der Waals surface area contributed by atoms with Crippen molar-refractivity contribution in [1.82, 2.24) is 10.7 Å². The van der Waals surface area contributed by atoms with E-state index < -0.39 is 11.8 Å². The first-order valence-corrected chi connectivity index (χ1v) is 7.92. The maximum absolute atomic E-state index is 11.7. The third-order valence-corrected chi connectivity index (χ3v) is 3.37. The average molecular weight is 384 g/mol. The molecule has 0 saturated heterocycles. The monoisotopic (exact) mass is 383 g/mol. The summed E-state index contributed by atoms with van der Waals surface area (Å²) in [6, 6.07) is 8.13. The van der Waals surface area contributed by atoms with Crippen LogP contribution in [-0.4, -0.2) is 31.2 Å². The predicted octanol–water partition coefficient (Wildman–Crippen LogP) is 2.54. The van der Waals surface area contributed by atoms with Gasteiger partial charge in [-0.3, -0.25) is 9.59 Å². The number of furan rings is 1. The highest BCUT2D eigenvalue weighted by Crippen LogP contribution is 2.27. The maximum atomic E-state index is 11.7. The second-order valence-corrected chi connectivity index (χ2v) is 5.73. The van der Waals surface area contributed by atoms with E-state index in [1.807, 2.05) is 0 Å². The Bertz CT molecular complexity index is 789. The summed E-state index contributed by atoms with van der Waals surface area (Å²) in [4.78, 5) is 23.2. The summed E-state index contributed by atoms with van der Waals surface area (Å²) in [6.45, 7) is 1.26. The molecule has 0 fully saturated rings. The SMILES string of the molecule is Cc1ccc(/C=N\NC(=O)CNC(=O)COc2ccc(Cl)cc2Cl)o1. The molecule has 0 aliphatic carbocycles. The molecule has 0 unspecified atom stereocenters. The third kappa shape index (κ3) is 6.48. The van der Waals surface area contributed by atoms with Crippen molar-refractivity contribution in [2.45, 2.75) is 6.92 Å². The standard InChI is InChI=1S/C16H15Cl2N3O4/c1-10-2-4-12(25-10)7-20-21-15(22)8-19-16(23)9-24-14-5-3-11(17)6-13(14)18/h2-7H,8-9H2,1H3,(H,19,23)(H,21,22)/b20-7-. The van der Waals surface area contributed by atoms with Gasteiger partial charge in [0.25, 0.3) is 11.8 Å². The zero-order chi connectivity index (χ0) is 18.2. The highest BCUT2D eigenvalue weighted by molar-refractivity contribution is 6.35. The van der Waals surface area contributed by atoms with Crippen molar-refractivity contribution >= 4 is 41.2 Å². The minimum absolute atomic E-state index is 0.245. The molecule has 7 nitrogen and oxygen atoms in total. The lowest BCUT2D eigenvalue weighted by atomic mass is 10.3. The predicted molar refractivity (Wildman–Crippen MR) is 94.1 cm³/mol. The van der Waals surface area contributed by atoms with Crippen molar-refractivity contribution in [2.75, 3.05) is 13.2 Å². The largest absolute Gasteiger partial charge is 0.482 e. The summed E-state index contributed by atoms with van der Waals surface area (Å²) >= 11 is 11.7. The van der Waals surface area contributed by atoms with Crippen LogP contribution in [0.3, 0.4) is 0 Å². The zero-order valence-corrected chi connectivity index (χ0v) is 14.7. The number of benzene rings is 1. The van der Waals surface area contributed by atoms with Gasteiger partial charge in [0.05, 0.1) is 17.8 Å². The Balaban J connectivity index is 1.68. The molecule has 1 aromatic heterocycles. The van der Waals surface area contributed by atoms with Crippen LogP contribution in [0, 0.1) is 6.92 Å². The molecule has 9 heteroatoms. The molecule has 0 radical (unpaired) electrons. The zero-order valence-electron chi connectivity index (χ0n) is 13.2. The lowest BCUT2D eigenvalue weighted by Crippen LogP contribution is -2.37. The third-order valence-electron chi connectivity index (χ3n) is 2.84. The maximum Gasteiger partial charge on any atom is 0.259 e. The number of halogens is 2. The van der Waals surface area contributed by atoms with Crippen LogP contribution in [0.1, 0.15) is 11.5 Å². The summed E-state index contributed by atoms with van der Waals surface area (Å²) in [6.07, 6.45) is 1.36. The Labute approximate surface area is 153 Å². The minimum atomic E-state index is -0.489. The van der Waals surface area contributed by atoms with Gasteiger partial charge in [-0.1, -0.05) is 23.2 Å². The Hall–Kier alpha value is -2.51. The van der Waals surface area contributed by atoms with Gasteiger partial charge in [-0.2, -0.15) is 5.10 Å². The molecule has 0 saturated carbocycles. The average Bonchev–Trinajstić information content (AvgIpc) is 2.97. The van der Waals surface area contributed by atoms with E-state index in [0.717, 1.165) is 5.76 Å². The molecule has 0 bridgehead atoms. The van der Waals surface area contributed by atoms with Gasteiger partial charge in [0, 0.05) is 5.02 Å². The van der Waals surface area contributed by atoms with E-state index in [1.54, 1.807) is 31.2 Å². The van der Waals surface area contributed by atoms with Crippen LogP contribution < -0.4 is 15.5 Å². The van der Waals surface area contributed by atoms with Crippen LogP contribution >= 0.6 is 23.2 Å². The normalized spacial score (nSPS) is 10.7. The first-order valence-electron chi connectivity index (χ1n) is 7.17. The van der Waals surface area contributed by atoms with Gasteiger partial charge in [-0.25, -0.2) is 5.43 Å². The second-order valence-electron chi connectivity index (χ2n) is 4.88. The van der Waals surface area contributed by atoms with E-state index in [1.165, 1.54) is 12.3 Å². The van der Waals surface area contributed by atoms with E-state index in [-0.39, 0.29) is 13.2 Å². The molecule has 0 atom stereocenters. The molecule has 0 aliphatic rings. The van der Waals surface area contributed by atoms with E-state index in [4.69, 9.17) is 32.4 Å². The molecule has 0 aliphatic heterocycles. The quantitative estimate of drug-likeness (QED) is 0.567. The Morgan fingerprint density at radius 3 is 2.72 bits per heavy atom. The van der Waals surface area contributed by atoms with Crippen molar-refractivity contribution in [3.63, 3.8) is 0 Å². The number of carbonyl (C=O) groups is 2. The first-order chi connectivity index (χ1) is 11.9. The fourth-order valence-electron chi connectivity index (χ4n) is 1.70. The van der Waals surface area contributed by atoms with Gasteiger partial charge in [0.15, 0.2) is 6.61 Å². The number of amides is 2. The van der Waals surface area contributed by atoms with E-state index in [9.17, 15) is 9.59 Å². The number of ether oxygens (including phenoxy) is 1. The van der Waals surface area contributed by atoms with E-state index in [2.05, 4.69) is 15.8 Å². The molecule has 2 amide bonds. The van der Waals surface area contributed by atoms with Crippen LogP contribution in [0.4, 0.5) is 0 Å². The number of hydrogen-bond donors (Lipinski definition) is 2. The number of aryl methyl sites for hydroxylation is 1. The van der Waals surface area contributed by atoms with Gasteiger partial charge in [0.2, 0.25) is 0 Å². The molecular formula is C16H15Cl2N3O4. The van der Waals surface area contributed by atoms with Crippen molar-refractivity contribution in [3.8, 4) is 5.75 Å².